The van der Waals surface area contributed by atoms with E-state index in [9.17, 15) is 0 Å². The minimum Gasteiger partial charge on any atom is -0.264 e. The zero-order chi connectivity index (χ0) is 60.6. The van der Waals surface area contributed by atoms with Crippen LogP contribution in [0.4, 0.5) is 0 Å². The molecular formula is C86H52N6. The third-order valence-corrected chi connectivity index (χ3v) is 18.3. The SMILES string of the molecule is c1ccc(-c2cccc(-c3cc(-c4ccc5ccc6cccc7ccc4c5c67)nc(-c4cccc(-c5cncc(-c6cc(-c7ccccc7)cc(-c7cc(-c8ccc9ccc%10cccc%11ccc8c9c%10%11)nc(-c8ccc(-c9cccnc9)cc8)n7)c6)c5)c4)n3)c2)cc1. The summed E-state index contributed by atoms with van der Waals surface area (Å²) >= 11 is 0. The number of benzene rings is 14. The third kappa shape index (κ3) is 9.28. The number of hydrogen-bond donors (Lipinski definition) is 0. The first-order valence-electron chi connectivity index (χ1n) is 31.1. The summed E-state index contributed by atoms with van der Waals surface area (Å²) in [4.78, 5) is 31.3. The lowest BCUT2D eigenvalue weighted by atomic mass is 9.90. The summed E-state index contributed by atoms with van der Waals surface area (Å²) in [6.07, 6.45) is 7.61. The molecule has 4 heterocycles. The van der Waals surface area contributed by atoms with Crippen LogP contribution in [0, 0.1) is 0 Å². The summed E-state index contributed by atoms with van der Waals surface area (Å²) < 4.78 is 0. The highest BCUT2D eigenvalue weighted by atomic mass is 14.9. The summed E-state index contributed by atoms with van der Waals surface area (Å²) in [6, 6.07) is 104. The van der Waals surface area contributed by atoms with Gasteiger partial charge < -0.3 is 0 Å². The normalized spacial score (nSPS) is 11.7. The highest BCUT2D eigenvalue weighted by Gasteiger charge is 2.21. The van der Waals surface area contributed by atoms with Crippen LogP contribution in [-0.4, -0.2) is 29.9 Å². The minimum atomic E-state index is 0.634. The highest BCUT2D eigenvalue weighted by molar-refractivity contribution is 6.26. The Labute approximate surface area is 530 Å². The van der Waals surface area contributed by atoms with Crippen molar-refractivity contribution in [2.24, 2.45) is 0 Å². The van der Waals surface area contributed by atoms with Gasteiger partial charge in [-0.05, 0) is 164 Å². The van der Waals surface area contributed by atoms with E-state index in [4.69, 9.17) is 24.9 Å². The van der Waals surface area contributed by atoms with Gasteiger partial charge in [-0.1, -0.05) is 237 Å². The van der Waals surface area contributed by atoms with Crippen LogP contribution in [0.25, 0.3) is 188 Å². The van der Waals surface area contributed by atoms with E-state index in [1.54, 1.807) is 6.20 Å². The van der Waals surface area contributed by atoms with Gasteiger partial charge in [-0.3, -0.25) is 9.97 Å². The van der Waals surface area contributed by atoms with Gasteiger partial charge in [0, 0.05) is 69.3 Å². The van der Waals surface area contributed by atoms with Gasteiger partial charge >= 0.3 is 0 Å². The number of aromatic nitrogens is 6. The number of rotatable bonds is 11. The van der Waals surface area contributed by atoms with Gasteiger partial charge in [0.1, 0.15) is 0 Å². The van der Waals surface area contributed by atoms with Crippen LogP contribution in [0.15, 0.2) is 316 Å². The monoisotopic (exact) mass is 1170 g/mol. The predicted octanol–water partition coefficient (Wildman–Crippen LogP) is 22.2. The second-order valence-corrected chi connectivity index (χ2v) is 23.8. The van der Waals surface area contributed by atoms with Gasteiger partial charge in [-0.25, -0.2) is 19.9 Å². The topological polar surface area (TPSA) is 77.3 Å². The fraction of sp³-hybridized carbons (Fsp3) is 0. The van der Waals surface area contributed by atoms with Gasteiger partial charge in [0.2, 0.25) is 0 Å². The molecule has 6 heteroatoms. The summed E-state index contributed by atoms with van der Waals surface area (Å²) in [5, 5.41) is 14.6. The number of hydrogen-bond acceptors (Lipinski definition) is 6. The van der Waals surface area contributed by atoms with Crippen LogP contribution in [0.1, 0.15) is 0 Å². The van der Waals surface area contributed by atoms with Crippen molar-refractivity contribution in [2.75, 3.05) is 0 Å². The third-order valence-electron chi connectivity index (χ3n) is 18.3. The van der Waals surface area contributed by atoms with E-state index < -0.39 is 0 Å². The fourth-order valence-electron chi connectivity index (χ4n) is 13.8. The first-order chi connectivity index (χ1) is 45.5. The van der Waals surface area contributed by atoms with Crippen LogP contribution in [-0.2, 0) is 0 Å². The Morgan fingerprint density at radius 3 is 1.14 bits per heavy atom. The highest BCUT2D eigenvalue weighted by Crippen LogP contribution is 2.44. The molecule has 92 heavy (non-hydrogen) atoms. The molecule has 0 amide bonds. The molecular weight excluding hydrogens is 1120 g/mol. The zero-order valence-corrected chi connectivity index (χ0v) is 49.7. The van der Waals surface area contributed by atoms with E-state index in [1.807, 2.05) is 24.7 Å². The fourth-order valence-corrected chi connectivity index (χ4v) is 13.8. The molecule has 0 aliphatic carbocycles. The van der Waals surface area contributed by atoms with E-state index in [0.29, 0.717) is 11.6 Å². The molecule has 18 rings (SSSR count). The second kappa shape index (κ2) is 21.7. The van der Waals surface area contributed by atoms with Crippen LogP contribution >= 0.6 is 0 Å². The van der Waals surface area contributed by atoms with Crippen molar-refractivity contribution in [3.63, 3.8) is 0 Å². The van der Waals surface area contributed by atoms with Gasteiger partial charge in [0.05, 0.1) is 22.8 Å². The molecule has 0 saturated carbocycles. The maximum atomic E-state index is 5.50. The molecule has 0 radical (unpaired) electrons. The van der Waals surface area contributed by atoms with Crippen molar-refractivity contribution in [3.8, 4) is 123 Å². The van der Waals surface area contributed by atoms with Crippen molar-refractivity contribution < 1.29 is 0 Å². The average molecular weight is 1170 g/mol. The number of pyridine rings is 2. The van der Waals surface area contributed by atoms with E-state index in [-0.39, 0.29) is 0 Å². The molecule has 0 N–H and O–H groups in total. The first kappa shape index (κ1) is 52.7. The Kier molecular flexibility index (Phi) is 12.5. The molecule has 4 aromatic heterocycles. The Hall–Kier alpha value is -12.4. The summed E-state index contributed by atoms with van der Waals surface area (Å²) in [5.41, 5.74) is 19.7. The summed E-state index contributed by atoms with van der Waals surface area (Å²) in [5.74, 6) is 1.27. The van der Waals surface area contributed by atoms with Crippen LogP contribution in [0.5, 0.6) is 0 Å². The van der Waals surface area contributed by atoms with Crippen molar-refractivity contribution in [1.82, 2.24) is 29.9 Å². The standard InChI is InChI=1S/C86H52N6/c1-3-12-53(13-4-1)63-20-9-22-65(42-63)77-48-79(73-37-33-60-29-27-56-16-7-18-58-35-39-75(73)83(60)81(56)58)92-86(89-77)66-23-10-21-64(43-66)71-47-72(52-88-51-71)69-44-68(54-14-5-2-6-15-54)45-70(46-69)78-49-80(91-85(90-78)62-31-25-55(26-32-62)67-24-11-41-87-50-67)74-38-34-61-30-28-57-17-8-19-59-36-40-76(74)84(61)82(57)59/h1-52H. The zero-order valence-electron chi connectivity index (χ0n) is 49.7. The number of nitrogens with zero attached hydrogens (tertiary/aromatic N) is 6. The molecule has 0 spiro atoms. The lowest BCUT2D eigenvalue weighted by molar-refractivity contribution is 1.18. The lowest BCUT2D eigenvalue weighted by Crippen LogP contribution is -1.98. The molecule has 0 bridgehead atoms. The Morgan fingerprint density at radius 1 is 0.185 bits per heavy atom. The predicted molar refractivity (Wildman–Crippen MR) is 380 cm³/mol. The van der Waals surface area contributed by atoms with Crippen LogP contribution < -0.4 is 0 Å². The molecule has 0 unspecified atom stereocenters. The Balaban J connectivity index is 0.771. The summed E-state index contributed by atoms with van der Waals surface area (Å²) in [6.45, 7) is 0. The average Bonchev–Trinajstić information content (AvgIpc) is 0.785. The van der Waals surface area contributed by atoms with Crippen molar-refractivity contribution >= 4 is 64.6 Å². The van der Waals surface area contributed by atoms with Crippen molar-refractivity contribution in [3.05, 3.63) is 316 Å². The second-order valence-electron chi connectivity index (χ2n) is 23.8. The maximum absolute atomic E-state index is 5.50. The molecule has 0 fully saturated rings. The van der Waals surface area contributed by atoms with Crippen molar-refractivity contribution in [1.29, 1.82) is 0 Å². The molecule has 6 nitrogen and oxygen atoms in total. The van der Waals surface area contributed by atoms with E-state index in [1.165, 1.54) is 53.9 Å². The van der Waals surface area contributed by atoms with Gasteiger partial charge in [-0.2, -0.15) is 0 Å². The molecule has 0 aliphatic rings. The smallest absolute Gasteiger partial charge is 0.160 e. The van der Waals surface area contributed by atoms with E-state index in [0.717, 1.165) is 123 Å². The Bertz CT molecular complexity index is 5840. The van der Waals surface area contributed by atoms with Crippen LogP contribution in [0.2, 0.25) is 0 Å². The molecule has 0 saturated heterocycles. The Morgan fingerprint density at radius 2 is 0.554 bits per heavy atom. The van der Waals surface area contributed by atoms with Gasteiger partial charge in [0.25, 0.3) is 0 Å². The maximum Gasteiger partial charge on any atom is 0.160 e. The first-order valence-corrected chi connectivity index (χ1v) is 31.1. The van der Waals surface area contributed by atoms with Gasteiger partial charge in [-0.15, -0.1) is 0 Å². The summed E-state index contributed by atoms with van der Waals surface area (Å²) in [7, 11) is 0. The van der Waals surface area contributed by atoms with E-state index >= 15 is 0 Å². The molecule has 426 valence electrons. The van der Waals surface area contributed by atoms with Crippen LogP contribution in [0.3, 0.4) is 0 Å². The molecule has 18 aromatic rings. The van der Waals surface area contributed by atoms with Gasteiger partial charge in [0.15, 0.2) is 11.6 Å². The quantitative estimate of drug-likeness (QED) is 0.120. The molecule has 0 aliphatic heterocycles. The largest absolute Gasteiger partial charge is 0.264 e. The van der Waals surface area contributed by atoms with E-state index in [2.05, 4.69) is 290 Å². The molecule has 14 aromatic carbocycles. The molecule has 0 atom stereocenters. The minimum absolute atomic E-state index is 0.634. The van der Waals surface area contributed by atoms with Crippen molar-refractivity contribution in [2.45, 2.75) is 0 Å². The lowest BCUT2D eigenvalue weighted by Gasteiger charge is -2.16.